The van der Waals surface area contributed by atoms with E-state index in [1.54, 1.807) is 0 Å². The number of nitro groups is 1. The van der Waals surface area contributed by atoms with Gasteiger partial charge in [0.15, 0.2) is 6.04 Å². The maximum Gasteiger partial charge on any atom is 0.333 e. The van der Waals surface area contributed by atoms with Gasteiger partial charge < -0.3 is 10.4 Å². The Balaban J connectivity index is 2.67. The third-order valence-corrected chi connectivity index (χ3v) is 1.65. The number of aromatic nitrogens is 1. The summed E-state index contributed by atoms with van der Waals surface area (Å²) in [7, 11) is 0. The lowest BCUT2D eigenvalue weighted by Crippen LogP contribution is -2.36. The fraction of sp³-hybridized carbons (Fsp3) is 0.250. The van der Waals surface area contributed by atoms with Gasteiger partial charge in [-0.05, 0) is 12.1 Å². The Morgan fingerprint density at radius 1 is 1.60 bits per heavy atom. The van der Waals surface area contributed by atoms with Crippen LogP contribution in [0.1, 0.15) is 0 Å². The van der Waals surface area contributed by atoms with E-state index in [1.165, 1.54) is 24.5 Å². The molecule has 1 rings (SSSR count). The minimum atomic E-state index is -1.26. The summed E-state index contributed by atoms with van der Waals surface area (Å²) in [5, 5.41) is 21.4. The van der Waals surface area contributed by atoms with E-state index in [2.05, 4.69) is 10.3 Å². The smallest absolute Gasteiger partial charge is 0.333 e. The van der Waals surface area contributed by atoms with E-state index >= 15 is 0 Å². The van der Waals surface area contributed by atoms with E-state index in [4.69, 9.17) is 5.11 Å². The van der Waals surface area contributed by atoms with Crippen molar-refractivity contribution < 1.29 is 14.8 Å². The van der Waals surface area contributed by atoms with Crippen molar-refractivity contribution in [3.05, 3.63) is 34.6 Å². The molecule has 0 saturated carbocycles. The van der Waals surface area contributed by atoms with Crippen molar-refractivity contribution in [3.63, 3.8) is 0 Å². The van der Waals surface area contributed by atoms with Gasteiger partial charge in [0.2, 0.25) is 6.54 Å². The van der Waals surface area contributed by atoms with Crippen LogP contribution in [0.2, 0.25) is 0 Å². The van der Waals surface area contributed by atoms with Gasteiger partial charge in [-0.3, -0.25) is 15.1 Å². The van der Waals surface area contributed by atoms with E-state index in [9.17, 15) is 14.9 Å². The number of anilines is 1. The highest BCUT2D eigenvalue weighted by Crippen LogP contribution is 2.05. The van der Waals surface area contributed by atoms with Gasteiger partial charge in [-0.25, -0.2) is 4.79 Å². The first-order valence-corrected chi connectivity index (χ1v) is 4.11. The molecule has 80 valence electrons. The maximum atomic E-state index is 10.7. The molecule has 1 aromatic heterocycles. The minimum Gasteiger partial charge on any atom is -0.480 e. The molecule has 0 bridgehead atoms. The molecule has 1 heterocycles. The number of hydrogen-bond acceptors (Lipinski definition) is 5. The lowest BCUT2D eigenvalue weighted by atomic mass is 10.2. The van der Waals surface area contributed by atoms with E-state index < -0.39 is 23.5 Å². The van der Waals surface area contributed by atoms with Crippen LogP contribution in [0.15, 0.2) is 24.5 Å². The molecule has 0 fully saturated rings. The molecule has 0 aromatic carbocycles. The number of carbonyl (C=O) groups is 1. The van der Waals surface area contributed by atoms with Crippen LogP contribution in [0.5, 0.6) is 0 Å². The summed E-state index contributed by atoms with van der Waals surface area (Å²) in [6.07, 6.45) is 2.93. The Labute approximate surface area is 84.9 Å². The fourth-order valence-electron chi connectivity index (χ4n) is 0.984. The highest BCUT2D eigenvalue weighted by molar-refractivity contribution is 5.77. The summed E-state index contributed by atoms with van der Waals surface area (Å²) in [6.45, 7) is -0.669. The van der Waals surface area contributed by atoms with Crippen LogP contribution in [-0.2, 0) is 4.79 Å². The fourth-order valence-corrected chi connectivity index (χ4v) is 0.984. The normalized spacial score (nSPS) is 11.7. The van der Waals surface area contributed by atoms with Gasteiger partial charge in [0, 0.05) is 23.0 Å². The van der Waals surface area contributed by atoms with Gasteiger partial charge in [-0.2, -0.15) is 0 Å². The molecule has 0 saturated heterocycles. The highest BCUT2D eigenvalue weighted by atomic mass is 16.6. The van der Waals surface area contributed by atoms with Crippen LogP contribution in [0.25, 0.3) is 0 Å². The molecule has 0 spiro atoms. The van der Waals surface area contributed by atoms with E-state index in [1.807, 2.05) is 0 Å². The highest BCUT2D eigenvalue weighted by Gasteiger charge is 2.22. The summed E-state index contributed by atoms with van der Waals surface area (Å²) in [5.41, 5.74) is 0.485. The van der Waals surface area contributed by atoms with Crippen LogP contribution in [0.4, 0.5) is 5.69 Å². The number of carboxylic acid groups (broad SMARTS) is 1. The molecule has 0 aliphatic heterocycles. The Hall–Kier alpha value is -2.18. The molecule has 0 unspecified atom stereocenters. The summed E-state index contributed by atoms with van der Waals surface area (Å²) < 4.78 is 0. The zero-order valence-electron chi connectivity index (χ0n) is 7.66. The zero-order valence-corrected chi connectivity index (χ0v) is 7.66. The van der Waals surface area contributed by atoms with Crippen LogP contribution < -0.4 is 5.32 Å². The second kappa shape index (κ2) is 4.89. The zero-order chi connectivity index (χ0) is 11.3. The second-order valence-corrected chi connectivity index (χ2v) is 2.79. The number of carboxylic acids is 1. The third kappa shape index (κ3) is 3.59. The molecule has 1 atom stereocenters. The van der Waals surface area contributed by atoms with Gasteiger partial charge >= 0.3 is 5.97 Å². The van der Waals surface area contributed by atoms with Crippen molar-refractivity contribution >= 4 is 11.7 Å². The number of rotatable bonds is 5. The standard InChI is InChI=1S/C8H9N3O4/c12-8(13)7(5-11(14)15)10-6-1-3-9-4-2-6/h1-4,7H,5H2,(H,9,10)(H,12,13)/t7-/m0/s1. The largest absolute Gasteiger partial charge is 0.480 e. The Bertz CT molecular complexity index is 354. The molecule has 0 aliphatic rings. The molecule has 1 aromatic rings. The van der Waals surface area contributed by atoms with Crippen LogP contribution in [0, 0.1) is 10.1 Å². The van der Waals surface area contributed by atoms with Crippen LogP contribution >= 0.6 is 0 Å². The topological polar surface area (TPSA) is 105 Å². The summed E-state index contributed by atoms with van der Waals surface area (Å²) in [6, 6.07) is 1.84. The molecular weight excluding hydrogens is 202 g/mol. The van der Waals surface area contributed by atoms with E-state index in [0.717, 1.165) is 0 Å². The van der Waals surface area contributed by atoms with Crippen LogP contribution in [-0.4, -0.2) is 33.6 Å². The Morgan fingerprint density at radius 2 is 2.20 bits per heavy atom. The average molecular weight is 211 g/mol. The van der Waals surface area contributed by atoms with Gasteiger partial charge in [-0.15, -0.1) is 0 Å². The van der Waals surface area contributed by atoms with Crippen molar-refractivity contribution in [1.29, 1.82) is 0 Å². The first kappa shape index (κ1) is 10.9. The number of nitrogens with zero attached hydrogens (tertiary/aromatic N) is 2. The van der Waals surface area contributed by atoms with Gasteiger partial charge in [0.05, 0.1) is 0 Å². The van der Waals surface area contributed by atoms with Gasteiger partial charge in [-0.1, -0.05) is 0 Å². The number of hydrogen-bond donors (Lipinski definition) is 2. The summed E-state index contributed by atoms with van der Waals surface area (Å²) >= 11 is 0. The lowest BCUT2D eigenvalue weighted by molar-refractivity contribution is -0.480. The summed E-state index contributed by atoms with van der Waals surface area (Å²) in [5.74, 6) is -1.26. The monoisotopic (exact) mass is 211 g/mol. The number of pyridine rings is 1. The second-order valence-electron chi connectivity index (χ2n) is 2.79. The predicted octanol–water partition coefficient (Wildman–Crippen LogP) is 0.223. The van der Waals surface area contributed by atoms with Crippen molar-refractivity contribution in [2.45, 2.75) is 6.04 Å². The van der Waals surface area contributed by atoms with Crippen LogP contribution in [0.3, 0.4) is 0 Å². The number of nitrogens with one attached hydrogen (secondary N) is 1. The SMILES string of the molecule is O=C(O)[C@H](C[N+](=O)[O-])Nc1ccncc1. The first-order valence-electron chi connectivity index (χ1n) is 4.11. The Morgan fingerprint density at radius 3 is 2.67 bits per heavy atom. The quantitative estimate of drug-likeness (QED) is 0.533. The average Bonchev–Trinajstić information content (AvgIpc) is 2.17. The predicted molar refractivity (Wildman–Crippen MR) is 51.1 cm³/mol. The molecule has 0 amide bonds. The van der Waals surface area contributed by atoms with Gasteiger partial charge in [0.1, 0.15) is 0 Å². The summed E-state index contributed by atoms with van der Waals surface area (Å²) in [4.78, 5) is 23.9. The molecule has 7 nitrogen and oxygen atoms in total. The molecule has 15 heavy (non-hydrogen) atoms. The molecule has 7 heteroatoms. The first-order chi connectivity index (χ1) is 7.09. The van der Waals surface area contributed by atoms with E-state index in [-0.39, 0.29) is 0 Å². The molecular formula is C8H9N3O4. The maximum absolute atomic E-state index is 10.7. The molecule has 2 N–H and O–H groups in total. The Kier molecular flexibility index (Phi) is 3.55. The lowest BCUT2D eigenvalue weighted by Gasteiger charge is -2.11. The molecule has 0 radical (unpaired) electrons. The molecule has 0 aliphatic carbocycles. The third-order valence-electron chi connectivity index (χ3n) is 1.65. The van der Waals surface area contributed by atoms with Crippen molar-refractivity contribution in [2.24, 2.45) is 0 Å². The van der Waals surface area contributed by atoms with Gasteiger partial charge in [0.25, 0.3) is 0 Å². The van der Waals surface area contributed by atoms with Crippen molar-refractivity contribution in [2.75, 3.05) is 11.9 Å². The van der Waals surface area contributed by atoms with Crippen molar-refractivity contribution in [3.8, 4) is 0 Å². The van der Waals surface area contributed by atoms with Crippen molar-refractivity contribution in [1.82, 2.24) is 4.98 Å². The number of aliphatic carboxylic acids is 1. The minimum absolute atomic E-state index is 0.485. The van der Waals surface area contributed by atoms with E-state index in [0.29, 0.717) is 5.69 Å².